The van der Waals surface area contributed by atoms with Crippen molar-refractivity contribution in [2.45, 2.75) is 6.42 Å². The van der Waals surface area contributed by atoms with Crippen molar-refractivity contribution in [2.24, 2.45) is 0 Å². The largest absolute Gasteiger partial charge is 0.292 e. The minimum atomic E-state index is -0.479. The maximum absolute atomic E-state index is 12.7. The molecule has 0 spiro atoms. The molecule has 0 aliphatic heterocycles. The Balaban J connectivity index is 2.21. The molecule has 0 fully saturated rings. The summed E-state index contributed by atoms with van der Waals surface area (Å²) in [5, 5.41) is 0.753. The zero-order chi connectivity index (χ0) is 13.1. The van der Waals surface area contributed by atoms with E-state index >= 15 is 0 Å². The molecule has 5 heteroatoms. The molecule has 2 aromatic rings. The van der Waals surface area contributed by atoms with Gasteiger partial charge in [0.15, 0.2) is 5.78 Å². The second kappa shape index (κ2) is 5.46. The molecule has 2 nitrogen and oxygen atoms in total. The predicted octanol–water partition coefficient (Wildman–Crippen LogP) is 3.95. The van der Waals surface area contributed by atoms with Crippen LogP contribution < -0.4 is 0 Å². The van der Waals surface area contributed by atoms with Gasteiger partial charge in [0.2, 0.25) is 0 Å². The van der Waals surface area contributed by atoms with Gasteiger partial charge in [-0.3, -0.25) is 9.78 Å². The molecule has 1 heterocycles. The molecule has 0 aliphatic rings. The molecule has 0 saturated heterocycles. The summed E-state index contributed by atoms with van der Waals surface area (Å²) in [5.41, 5.74) is 0.827. The quantitative estimate of drug-likeness (QED) is 0.799. The summed E-state index contributed by atoms with van der Waals surface area (Å²) in [4.78, 5) is 15.6. The molecule has 0 bridgehead atoms. The number of carbonyl (C=O) groups excluding carboxylic acids is 1. The molecule has 0 saturated carbocycles. The molecular formula is C13H8Cl2FNO. The maximum atomic E-state index is 12.7. The highest BCUT2D eigenvalue weighted by atomic mass is 35.5. The number of halogens is 3. The van der Waals surface area contributed by atoms with Gasteiger partial charge in [0, 0.05) is 6.42 Å². The Morgan fingerprint density at radius 1 is 1.22 bits per heavy atom. The van der Waals surface area contributed by atoms with Crippen LogP contribution in [0.15, 0.2) is 36.5 Å². The number of ketones is 1. The average molecular weight is 284 g/mol. The van der Waals surface area contributed by atoms with E-state index in [9.17, 15) is 9.18 Å². The molecule has 0 aliphatic carbocycles. The third kappa shape index (κ3) is 2.86. The van der Waals surface area contributed by atoms with Crippen LogP contribution in [-0.2, 0) is 6.42 Å². The summed E-state index contributed by atoms with van der Waals surface area (Å²) in [6.45, 7) is 0. The summed E-state index contributed by atoms with van der Waals surface area (Å²) in [6, 6.07) is 7.62. The van der Waals surface area contributed by atoms with Gasteiger partial charge in [0.1, 0.15) is 11.5 Å². The lowest BCUT2D eigenvalue weighted by molar-refractivity contribution is 0.0988. The van der Waals surface area contributed by atoms with E-state index < -0.39 is 5.82 Å². The van der Waals surface area contributed by atoms with Gasteiger partial charge in [-0.25, -0.2) is 4.39 Å². The Bertz CT molecular complexity index is 584. The topological polar surface area (TPSA) is 30.0 Å². The Morgan fingerprint density at radius 3 is 2.67 bits per heavy atom. The summed E-state index contributed by atoms with van der Waals surface area (Å²) in [7, 11) is 0. The fourth-order valence-electron chi connectivity index (χ4n) is 1.49. The van der Waals surface area contributed by atoms with Gasteiger partial charge in [-0.2, -0.15) is 0 Å². The average Bonchev–Trinajstić information content (AvgIpc) is 2.36. The van der Waals surface area contributed by atoms with Crippen LogP contribution in [0.2, 0.25) is 10.0 Å². The van der Waals surface area contributed by atoms with Crippen molar-refractivity contribution in [1.82, 2.24) is 4.98 Å². The van der Waals surface area contributed by atoms with Gasteiger partial charge < -0.3 is 0 Å². The van der Waals surface area contributed by atoms with E-state index in [4.69, 9.17) is 23.2 Å². The standard InChI is InChI=1S/C13H8Cl2FNO/c14-10-3-1-2-8(13(10)15)6-12(18)11-5-4-9(16)7-17-11/h1-5,7H,6H2. The highest BCUT2D eigenvalue weighted by molar-refractivity contribution is 6.42. The fourth-order valence-corrected chi connectivity index (χ4v) is 1.88. The van der Waals surface area contributed by atoms with E-state index in [1.165, 1.54) is 12.1 Å². The first kappa shape index (κ1) is 13.0. The van der Waals surface area contributed by atoms with Gasteiger partial charge >= 0.3 is 0 Å². The van der Waals surface area contributed by atoms with Crippen LogP contribution >= 0.6 is 23.2 Å². The molecule has 0 unspecified atom stereocenters. The Kier molecular flexibility index (Phi) is 3.94. The number of rotatable bonds is 3. The molecule has 1 aromatic heterocycles. The molecule has 0 radical (unpaired) electrons. The van der Waals surface area contributed by atoms with Crippen LogP contribution in [0.1, 0.15) is 16.1 Å². The maximum Gasteiger partial charge on any atom is 0.185 e. The second-order valence-corrected chi connectivity index (χ2v) is 4.46. The van der Waals surface area contributed by atoms with Crippen molar-refractivity contribution in [3.05, 3.63) is 63.6 Å². The molecule has 0 atom stereocenters. The van der Waals surface area contributed by atoms with Crippen molar-refractivity contribution >= 4 is 29.0 Å². The zero-order valence-electron chi connectivity index (χ0n) is 9.16. The van der Waals surface area contributed by atoms with E-state index in [0.717, 1.165) is 6.20 Å². The first-order chi connectivity index (χ1) is 8.58. The van der Waals surface area contributed by atoms with E-state index in [0.29, 0.717) is 15.6 Å². The minimum Gasteiger partial charge on any atom is -0.292 e. The van der Waals surface area contributed by atoms with Crippen LogP contribution in [0.5, 0.6) is 0 Å². The minimum absolute atomic E-state index is 0.0814. The first-order valence-electron chi connectivity index (χ1n) is 5.15. The van der Waals surface area contributed by atoms with Crippen molar-refractivity contribution in [3.8, 4) is 0 Å². The molecule has 2 rings (SSSR count). The highest BCUT2D eigenvalue weighted by Crippen LogP contribution is 2.26. The SMILES string of the molecule is O=C(Cc1cccc(Cl)c1Cl)c1ccc(F)cn1. The summed E-state index contributed by atoms with van der Waals surface area (Å²) >= 11 is 11.8. The summed E-state index contributed by atoms with van der Waals surface area (Å²) in [5.74, 6) is -0.716. The van der Waals surface area contributed by atoms with Crippen LogP contribution in [0.25, 0.3) is 0 Å². The van der Waals surface area contributed by atoms with Crippen molar-refractivity contribution in [2.75, 3.05) is 0 Å². The summed E-state index contributed by atoms with van der Waals surface area (Å²) in [6.07, 6.45) is 1.09. The first-order valence-corrected chi connectivity index (χ1v) is 5.91. The number of nitrogens with zero attached hydrogens (tertiary/aromatic N) is 1. The van der Waals surface area contributed by atoms with Gasteiger partial charge in [-0.05, 0) is 23.8 Å². The summed E-state index contributed by atoms with van der Waals surface area (Å²) < 4.78 is 12.7. The number of Topliss-reactive ketones (excluding diaryl/α,β-unsaturated/α-hetero) is 1. The van der Waals surface area contributed by atoms with Gasteiger partial charge in [-0.15, -0.1) is 0 Å². The second-order valence-electron chi connectivity index (χ2n) is 3.67. The molecule has 0 amide bonds. The van der Waals surface area contributed by atoms with E-state index in [2.05, 4.69) is 4.98 Å². The van der Waals surface area contributed by atoms with E-state index in [-0.39, 0.29) is 17.9 Å². The van der Waals surface area contributed by atoms with Crippen LogP contribution in [0.3, 0.4) is 0 Å². The molecular weight excluding hydrogens is 276 g/mol. The Morgan fingerprint density at radius 2 is 2.00 bits per heavy atom. The van der Waals surface area contributed by atoms with E-state index in [1.54, 1.807) is 18.2 Å². The Hall–Kier alpha value is -1.45. The van der Waals surface area contributed by atoms with Gasteiger partial charge in [-0.1, -0.05) is 35.3 Å². The van der Waals surface area contributed by atoms with Gasteiger partial charge in [0.25, 0.3) is 0 Å². The lowest BCUT2D eigenvalue weighted by Gasteiger charge is -2.04. The van der Waals surface area contributed by atoms with Crippen molar-refractivity contribution in [3.63, 3.8) is 0 Å². The smallest absolute Gasteiger partial charge is 0.185 e. The number of hydrogen-bond donors (Lipinski definition) is 0. The van der Waals surface area contributed by atoms with Gasteiger partial charge in [0.05, 0.1) is 16.2 Å². The molecule has 0 N–H and O–H groups in total. The lowest BCUT2D eigenvalue weighted by Crippen LogP contribution is -2.06. The monoisotopic (exact) mass is 283 g/mol. The number of carbonyl (C=O) groups is 1. The lowest BCUT2D eigenvalue weighted by atomic mass is 10.1. The number of hydrogen-bond acceptors (Lipinski definition) is 2. The van der Waals surface area contributed by atoms with Crippen LogP contribution in [0.4, 0.5) is 4.39 Å². The normalized spacial score (nSPS) is 10.4. The number of benzene rings is 1. The highest BCUT2D eigenvalue weighted by Gasteiger charge is 2.12. The Labute approximate surface area is 113 Å². The fraction of sp³-hybridized carbons (Fsp3) is 0.0769. The molecule has 92 valence electrons. The number of pyridine rings is 1. The van der Waals surface area contributed by atoms with Crippen LogP contribution in [-0.4, -0.2) is 10.8 Å². The third-order valence-corrected chi connectivity index (χ3v) is 3.25. The molecule has 18 heavy (non-hydrogen) atoms. The zero-order valence-corrected chi connectivity index (χ0v) is 10.7. The van der Waals surface area contributed by atoms with Crippen LogP contribution in [0, 0.1) is 5.82 Å². The van der Waals surface area contributed by atoms with E-state index in [1.807, 2.05) is 0 Å². The third-order valence-electron chi connectivity index (χ3n) is 2.40. The van der Waals surface area contributed by atoms with Crippen molar-refractivity contribution < 1.29 is 9.18 Å². The number of aromatic nitrogens is 1. The van der Waals surface area contributed by atoms with Crippen molar-refractivity contribution in [1.29, 1.82) is 0 Å². The predicted molar refractivity (Wildman–Crippen MR) is 68.7 cm³/mol. The molecule has 1 aromatic carbocycles.